The first-order valence-electron chi connectivity index (χ1n) is 11.6. The molecule has 0 unspecified atom stereocenters. The molecule has 2 saturated carbocycles. The van der Waals surface area contributed by atoms with Crippen molar-refractivity contribution in [1.29, 1.82) is 0 Å². The summed E-state index contributed by atoms with van der Waals surface area (Å²) in [6.45, 7) is 0.492. The second kappa shape index (κ2) is 9.63. The van der Waals surface area contributed by atoms with Crippen LogP contribution in [0.3, 0.4) is 0 Å². The van der Waals surface area contributed by atoms with E-state index >= 15 is 0 Å². The zero-order valence-electron chi connectivity index (χ0n) is 17.7. The van der Waals surface area contributed by atoms with Gasteiger partial charge in [-0.15, -0.1) is 0 Å². The molecule has 0 aromatic heterocycles. The lowest BCUT2D eigenvalue weighted by Crippen LogP contribution is -2.38. The minimum absolute atomic E-state index is 0.0883. The van der Waals surface area contributed by atoms with Crippen LogP contribution >= 0.6 is 0 Å². The van der Waals surface area contributed by atoms with E-state index in [9.17, 15) is 14.4 Å². The number of carbonyl (C=O) groups excluding carboxylic acids is 3. The highest BCUT2D eigenvalue weighted by Crippen LogP contribution is 2.29. The van der Waals surface area contributed by atoms with Crippen LogP contribution in [0.15, 0.2) is 24.3 Å². The summed E-state index contributed by atoms with van der Waals surface area (Å²) >= 11 is 0. The van der Waals surface area contributed by atoms with Gasteiger partial charge in [-0.25, -0.2) is 0 Å². The van der Waals surface area contributed by atoms with Gasteiger partial charge in [0.1, 0.15) is 0 Å². The minimum Gasteiger partial charge on any atom is -0.349 e. The van der Waals surface area contributed by atoms with E-state index in [1.54, 1.807) is 12.1 Å². The minimum atomic E-state index is -0.353. The topological polar surface area (TPSA) is 78.5 Å². The number of nitrogens with one attached hydrogen (secondary N) is 2. The van der Waals surface area contributed by atoms with Gasteiger partial charge >= 0.3 is 0 Å². The lowest BCUT2D eigenvalue weighted by Gasteiger charge is -2.31. The molecule has 1 aromatic carbocycles. The van der Waals surface area contributed by atoms with Gasteiger partial charge in [0, 0.05) is 25.0 Å². The monoisotopic (exact) mass is 411 g/mol. The van der Waals surface area contributed by atoms with Crippen LogP contribution < -0.4 is 10.6 Å². The molecule has 1 aromatic rings. The Hall–Kier alpha value is -2.37. The van der Waals surface area contributed by atoms with Gasteiger partial charge in [0.15, 0.2) is 0 Å². The van der Waals surface area contributed by atoms with Crippen molar-refractivity contribution < 1.29 is 14.4 Å². The number of likely N-dealkylation sites (tertiary alicyclic amines) is 1. The summed E-state index contributed by atoms with van der Waals surface area (Å²) in [5, 5.41) is 6.06. The van der Waals surface area contributed by atoms with Gasteiger partial charge in [0.05, 0.1) is 17.2 Å². The number of amides is 3. The van der Waals surface area contributed by atoms with E-state index in [0.29, 0.717) is 17.8 Å². The SMILES string of the molecule is O=C(NC1CCCCC1)c1ccccc1NC(=O)[C@@H]1CC(=O)N(C2CCCCC2)C1. The van der Waals surface area contributed by atoms with Crippen LogP contribution in [0.2, 0.25) is 0 Å². The number of para-hydroxylation sites is 1. The van der Waals surface area contributed by atoms with E-state index in [2.05, 4.69) is 10.6 Å². The van der Waals surface area contributed by atoms with Crippen molar-refractivity contribution in [2.45, 2.75) is 82.7 Å². The maximum absolute atomic E-state index is 12.9. The van der Waals surface area contributed by atoms with Crippen LogP contribution in [0.1, 0.15) is 81.0 Å². The lowest BCUT2D eigenvalue weighted by molar-refractivity contribution is -0.130. The Morgan fingerprint density at radius 2 is 1.57 bits per heavy atom. The quantitative estimate of drug-likeness (QED) is 0.772. The number of hydrogen-bond donors (Lipinski definition) is 2. The third kappa shape index (κ3) is 4.85. The number of rotatable bonds is 5. The molecule has 162 valence electrons. The van der Waals surface area contributed by atoms with Crippen molar-refractivity contribution in [1.82, 2.24) is 10.2 Å². The molecule has 3 amide bonds. The molecule has 30 heavy (non-hydrogen) atoms. The second-order valence-electron chi connectivity index (χ2n) is 9.08. The molecule has 4 rings (SSSR count). The molecule has 1 saturated heterocycles. The molecular weight excluding hydrogens is 378 g/mol. The molecular formula is C24H33N3O3. The van der Waals surface area contributed by atoms with Gasteiger partial charge < -0.3 is 15.5 Å². The van der Waals surface area contributed by atoms with Gasteiger partial charge in [-0.1, -0.05) is 50.7 Å². The van der Waals surface area contributed by atoms with E-state index in [-0.39, 0.29) is 42.1 Å². The van der Waals surface area contributed by atoms with Crippen LogP contribution in [0.4, 0.5) is 5.69 Å². The number of carbonyl (C=O) groups is 3. The molecule has 1 atom stereocenters. The van der Waals surface area contributed by atoms with E-state index in [4.69, 9.17) is 0 Å². The predicted molar refractivity (Wildman–Crippen MR) is 116 cm³/mol. The molecule has 1 aliphatic heterocycles. The zero-order chi connectivity index (χ0) is 20.9. The Labute approximate surface area is 178 Å². The molecule has 3 aliphatic rings. The average molecular weight is 412 g/mol. The van der Waals surface area contributed by atoms with Crippen molar-refractivity contribution in [2.75, 3.05) is 11.9 Å². The molecule has 0 bridgehead atoms. The highest BCUT2D eigenvalue weighted by Gasteiger charge is 2.38. The predicted octanol–water partition coefficient (Wildman–Crippen LogP) is 3.87. The van der Waals surface area contributed by atoms with Gasteiger partial charge in [0.25, 0.3) is 5.91 Å². The smallest absolute Gasteiger partial charge is 0.253 e. The zero-order valence-corrected chi connectivity index (χ0v) is 17.7. The van der Waals surface area contributed by atoms with Crippen molar-refractivity contribution in [3.8, 4) is 0 Å². The Morgan fingerprint density at radius 3 is 2.30 bits per heavy atom. The molecule has 2 N–H and O–H groups in total. The average Bonchev–Trinajstić information content (AvgIpc) is 3.17. The molecule has 3 fully saturated rings. The Kier molecular flexibility index (Phi) is 6.70. The Balaban J connectivity index is 1.38. The third-order valence-corrected chi connectivity index (χ3v) is 6.91. The normalized spacial score (nSPS) is 23.4. The first-order chi connectivity index (χ1) is 14.6. The number of nitrogens with zero attached hydrogens (tertiary/aromatic N) is 1. The molecule has 6 nitrogen and oxygen atoms in total. The summed E-state index contributed by atoms with van der Waals surface area (Å²) in [5.74, 6) is -0.567. The van der Waals surface area contributed by atoms with E-state index in [0.717, 1.165) is 51.4 Å². The van der Waals surface area contributed by atoms with Gasteiger partial charge in [-0.05, 0) is 37.8 Å². The largest absolute Gasteiger partial charge is 0.349 e. The summed E-state index contributed by atoms with van der Waals surface area (Å²) in [4.78, 5) is 40.2. The van der Waals surface area contributed by atoms with Crippen molar-refractivity contribution in [3.63, 3.8) is 0 Å². The molecule has 0 spiro atoms. The van der Waals surface area contributed by atoms with Crippen molar-refractivity contribution in [2.24, 2.45) is 5.92 Å². The number of benzene rings is 1. The van der Waals surface area contributed by atoms with Gasteiger partial charge in [0.2, 0.25) is 11.8 Å². The summed E-state index contributed by atoms with van der Waals surface area (Å²) in [7, 11) is 0. The summed E-state index contributed by atoms with van der Waals surface area (Å²) in [5.41, 5.74) is 1.02. The molecule has 2 aliphatic carbocycles. The highest BCUT2D eigenvalue weighted by atomic mass is 16.2. The standard InChI is InChI=1S/C24H33N3O3/c28-22-15-17(16-27(22)19-11-5-2-6-12-19)23(29)26-21-14-8-7-13-20(21)24(30)25-18-9-3-1-4-10-18/h7-8,13-14,17-19H,1-6,9-12,15-16H2,(H,25,30)(H,26,29)/t17-/m1/s1. The molecule has 6 heteroatoms. The van der Waals surface area contributed by atoms with Gasteiger partial charge in [-0.2, -0.15) is 0 Å². The Morgan fingerprint density at radius 1 is 0.900 bits per heavy atom. The fourth-order valence-corrected chi connectivity index (χ4v) is 5.19. The van der Waals surface area contributed by atoms with Crippen molar-refractivity contribution in [3.05, 3.63) is 29.8 Å². The van der Waals surface area contributed by atoms with E-state index < -0.39 is 0 Å². The Bertz CT molecular complexity index is 782. The summed E-state index contributed by atoms with van der Waals surface area (Å²) in [6, 6.07) is 7.66. The molecule has 1 heterocycles. The first kappa shape index (κ1) is 20.9. The highest BCUT2D eigenvalue weighted by molar-refractivity contribution is 6.05. The van der Waals surface area contributed by atoms with Gasteiger partial charge in [-0.3, -0.25) is 14.4 Å². The fourth-order valence-electron chi connectivity index (χ4n) is 5.19. The first-order valence-corrected chi connectivity index (χ1v) is 11.6. The summed E-state index contributed by atoms with van der Waals surface area (Å²) in [6.07, 6.45) is 11.5. The lowest BCUT2D eigenvalue weighted by atomic mass is 9.94. The second-order valence-corrected chi connectivity index (χ2v) is 9.08. The maximum Gasteiger partial charge on any atom is 0.253 e. The third-order valence-electron chi connectivity index (χ3n) is 6.91. The van der Waals surface area contributed by atoms with Crippen LogP contribution in [0.25, 0.3) is 0 Å². The number of hydrogen-bond acceptors (Lipinski definition) is 3. The number of anilines is 1. The van der Waals surface area contributed by atoms with Crippen LogP contribution in [-0.4, -0.2) is 41.2 Å². The molecule has 0 radical (unpaired) electrons. The van der Waals surface area contributed by atoms with E-state index in [1.807, 2.05) is 17.0 Å². The van der Waals surface area contributed by atoms with Crippen LogP contribution in [0, 0.1) is 5.92 Å². The summed E-state index contributed by atoms with van der Waals surface area (Å²) < 4.78 is 0. The fraction of sp³-hybridized carbons (Fsp3) is 0.625. The van der Waals surface area contributed by atoms with E-state index in [1.165, 1.54) is 12.8 Å². The van der Waals surface area contributed by atoms with Crippen molar-refractivity contribution >= 4 is 23.4 Å². The van der Waals surface area contributed by atoms with Crippen LogP contribution in [-0.2, 0) is 9.59 Å². The van der Waals surface area contributed by atoms with Crippen LogP contribution in [0.5, 0.6) is 0 Å². The maximum atomic E-state index is 12.9.